The van der Waals surface area contributed by atoms with Crippen LogP contribution in [0.3, 0.4) is 0 Å². The molecule has 0 amide bonds. The third-order valence-corrected chi connectivity index (χ3v) is 5.26. The van der Waals surface area contributed by atoms with Crippen LogP contribution < -0.4 is 5.73 Å². The van der Waals surface area contributed by atoms with Crippen molar-refractivity contribution < 1.29 is 8.42 Å². The maximum atomic E-state index is 12.7. The fourth-order valence-corrected chi connectivity index (χ4v) is 3.48. The summed E-state index contributed by atoms with van der Waals surface area (Å²) in [6.45, 7) is 1.89. The average molecular weight is 348 g/mol. The molecule has 118 valence electrons. The summed E-state index contributed by atoms with van der Waals surface area (Å²) < 4.78 is 26.2. The number of aryl methyl sites for hydroxylation is 1. The number of benzene rings is 2. The molecule has 0 bridgehead atoms. The number of halogens is 1. The minimum Gasteiger partial charge on any atom is -0.383 e. The number of hydrogen-bond acceptors (Lipinski definition) is 4. The standard InChI is InChI=1S/C16H14ClN3O2S/c1-11-2-8-14(9-3-11)23(21,22)20-16(18)10-15(19-20)12-4-6-13(17)7-5-12/h2-10H,18H2,1H3. The molecule has 1 aromatic heterocycles. The van der Waals surface area contributed by atoms with Crippen LogP contribution in [0.25, 0.3) is 11.3 Å². The smallest absolute Gasteiger partial charge is 0.284 e. The average Bonchev–Trinajstić information content (AvgIpc) is 2.91. The lowest BCUT2D eigenvalue weighted by atomic mass is 10.1. The number of nitrogens with two attached hydrogens (primary N) is 1. The van der Waals surface area contributed by atoms with E-state index in [2.05, 4.69) is 5.10 Å². The van der Waals surface area contributed by atoms with Gasteiger partial charge >= 0.3 is 0 Å². The van der Waals surface area contributed by atoms with Crippen LogP contribution in [0.5, 0.6) is 0 Å². The van der Waals surface area contributed by atoms with E-state index in [0.717, 1.165) is 15.2 Å². The van der Waals surface area contributed by atoms with Gasteiger partial charge in [-0.05, 0) is 31.2 Å². The van der Waals surface area contributed by atoms with Crippen LogP contribution in [-0.2, 0) is 10.0 Å². The molecule has 0 radical (unpaired) electrons. The maximum absolute atomic E-state index is 12.7. The lowest BCUT2D eigenvalue weighted by Crippen LogP contribution is -2.16. The van der Waals surface area contributed by atoms with Gasteiger partial charge in [0, 0.05) is 16.7 Å². The van der Waals surface area contributed by atoms with Crippen molar-refractivity contribution in [2.75, 3.05) is 5.73 Å². The van der Waals surface area contributed by atoms with Gasteiger partial charge < -0.3 is 5.73 Å². The molecule has 0 aliphatic heterocycles. The van der Waals surface area contributed by atoms with E-state index in [9.17, 15) is 8.42 Å². The van der Waals surface area contributed by atoms with Gasteiger partial charge in [0.2, 0.25) is 0 Å². The van der Waals surface area contributed by atoms with Crippen LogP contribution in [-0.4, -0.2) is 17.6 Å². The highest BCUT2D eigenvalue weighted by atomic mass is 35.5. The van der Waals surface area contributed by atoms with E-state index in [0.29, 0.717) is 10.7 Å². The first-order valence-corrected chi connectivity index (χ1v) is 8.63. The molecule has 5 nitrogen and oxygen atoms in total. The van der Waals surface area contributed by atoms with Gasteiger partial charge in [-0.1, -0.05) is 41.4 Å². The number of nitrogen functional groups attached to an aromatic ring is 1. The number of hydrogen-bond donors (Lipinski definition) is 1. The topological polar surface area (TPSA) is 78.0 Å². The van der Waals surface area contributed by atoms with Crippen LogP contribution in [0.4, 0.5) is 5.82 Å². The Bertz CT molecular complexity index is 946. The minimum atomic E-state index is -3.83. The fourth-order valence-electron chi connectivity index (χ4n) is 2.14. The largest absolute Gasteiger partial charge is 0.383 e. The summed E-state index contributed by atoms with van der Waals surface area (Å²) in [5.74, 6) is 0.0514. The normalized spacial score (nSPS) is 11.6. The molecule has 2 N–H and O–H groups in total. The second-order valence-electron chi connectivity index (χ2n) is 5.12. The van der Waals surface area contributed by atoms with Gasteiger partial charge in [0.15, 0.2) is 0 Å². The zero-order valence-corrected chi connectivity index (χ0v) is 13.8. The molecule has 3 aromatic rings. The van der Waals surface area contributed by atoms with Crippen molar-refractivity contribution in [1.29, 1.82) is 0 Å². The molecule has 3 rings (SSSR count). The van der Waals surface area contributed by atoms with E-state index < -0.39 is 10.0 Å². The van der Waals surface area contributed by atoms with Crippen LogP contribution in [0.1, 0.15) is 5.56 Å². The Morgan fingerprint density at radius 2 is 1.65 bits per heavy atom. The third-order valence-electron chi connectivity index (χ3n) is 3.39. The van der Waals surface area contributed by atoms with Gasteiger partial charge in [-0.3, -0.25) is 0 Å². The third kappa shape index (κ3) is 2.95. The summed E-state index contributed by atoms with van der Waals surface area (Å²) in [6, 6.07) is 15.0. The Kier molecular flexibility index (Phi) is 3.87. The Morgan fingerprint density at radius 1 is 1.04 bits per heavy atom. The van der Waals surface area contributed by atoms with E-state index in [4.69, 9.17) is 17.3 Å². The van der Waals surface area contributed by atoms with E-state index >= 15 is 0 Å². The van der Waals surface area contributed by atoms with Crippen LogP contribution in [0.15, 0.2) is 59.5 Å². The highest BCUT2D eigenvalue weighted by Crippen LogP contribution is 2.25. The predicted molar refractivity (Wildman–Crippen MR) is 90.8 cm³/mol. The van der Waals surface area contributed by atoms with Crippen LogP contribution in [0, 0.1) is 6.92 Å². The van der Waals surface area contributed by atoms with Crippen molar-refractivity contribution in [1.82, 2.24) is 9.19 Å². The van der Waals surface area contributed by atoms with Crippen molar-refractivity contribution in [3.05, 3.63) is 65.2 Å². The minimum absolute atomic E-state index is 0.0514. The van der Waals surface area contributed by atoms with Gasteiger partial charge in [-0.15, -0.1) is 4.09 Å². The first-order valence-electron chi connectivity index (χ1n) is 6.81. The first kappa shape index (κ1) is 15.6. The molecule has 23 heavy (non-hydrogen) atoms. The van der Waals surface area contributed by atoms with Crippen LogP contribution in [0.2, 0.25) is 5.02 Å². The molecule has 0 saturated carbocycles. The Hall–Kier alpha value is -2.31. The number of anilines is 1. The van der Waals surface area contributed by atoms with Crippen molar-refractivity contribution >= 4 is 27.4 Å². The van der Waals surface area contributed by atoms with E-state index in [1.54, 1.807) is 36.4 Å². The van der Waals surface area contributed by atoms with Gasteiger partial charge in [-0.25, -0.2) is 0 Å². The zero-order valence-electron chi connectivity index (χ0n) is 12.3. The monoisotopic (exact) mass is 347 g/mol. The fraction of sp³-hybridized carbons (Fsp3) is 0.0625. The molecular formula is C16H14ClN3O2S. The lowest BCUT2D eigenvalue weighted by Gasteiger charge is -2.06. The van der Waals surface area contributed by atoms with Crippen LogP contribution >= 0.6 is 11.6 Å². The number of aromatic nitrogens is 2. The first-order chi connectivity index (χ1) is 10.9. The number of rotatable bonds is 3. The van der Waals surface area contributed by atoms with Crippen molar-refractivity contribution in [3.63, 3.8) is 0 Å². The van der Waals surface area contributed by atoms with E-state index in [1.807, 2.05) is 6.92 Å². The molecule has 0 aliphatic carbocycles. The summed E-state index contributed by atoms with van der Waals surface area (Å²) in [6.07, 6.45) is 0. The number of nitrogens with zero attached hydrogens (tertiary/aromatic N) is 2. The molecule has 1 heterocycles. The SMILES string of the molecule is Cc1ccc(S(=O)(=O)n2nc(-c3ccc(Cl)cc3)cc2N)cc1. The van der Waals surface area contributed by atoms with Gasteiger partial charge in [-0.2, -0.15) is 13.5 Å². The Labute approximate surface area is 139 Å². The molecule has 0 spiro atoms. The predicted octanol–water partition coefficient (Wildman–Crippen LogP) is 3.33. The molecule has 0 atom stereocenters. The maximum Gasteiger partial charge on any atom is 0.284 e. The van der Waals surface area contributed by atoms with Gasteiger partial charge in [0.05, 0.1) is 10.6 Å². The Balaban J connectivity index is 2.07. The quantitative estimate of drug-likeness (QED) is 0.788. The highest BCUT2D eigenvalue weighted by Gasteiger charge is 2.21. The summed E-state index contributed by atoms with van der Waals surface area (Å²) in [5, 5.41) is 4.73. The van der Waals surface area contributed by atoms with E-state index in [1.165, 1.54) is 18.2 Å². The molecular weight excluding hydrogens is 334 g/mol. The lowest BCUT2D eigenvalue weighted by molar-refractivity contribution is 0.581. The van der Waals surface area contributed by atoms with Crippen molar-refractivity contribution in [2.24, 2.45) is 0 Å². The zero-order chi connectivity index (χ0) is 16.6. The molecule has 7 heteroatoms. The van der Waals surface area contributed by atoms with Crippen molar-refractivity contribution in [2.45, 2.75) is 11.8 Å². The molecule has 0 fully saturated rings. The summed E-state index contributed by atoms with van der Waals surface area (Å²) in [5.41, 5.74) is 8.03. The highest BCUT2D eigenvalue weighted by molar-refractivity contribution is 7.90. The molecule has 0 aliphatic rings. The molecule has 0 saturated heterocycles. The van der Waals surface area contributed by atoms with Gasteiger partial charge in [0.1, 0.15) is 5.82 Å². The second-order valence-corrected chi connectivity index (χ2v) is 7.33. The van der Waals surface area contributed by atoms with Crippen molar-refractivity contribution in [3.8, 4) is 11.3 Å². The second kappa shape index (κ2) is 5.72. The van der Waals surface area contributed by atoms with E-state index in [-0.39, 0.29) is 10.7 Å². The summed E-state index contributed by atoms with van der Waals surface area (Å²) in [4.78, 5) is 0.139. The van der Waals surface area contributed by atoms with Gasteiger partial charge in [0.25, 0.3) is 10.0 Å². The molecule has 0 unspecified atom stereocenters. The molecule has 2 aromatic carbocycles. The Morgan fingerprint density at radius 3 is 2.26 bits per heavy atom. The summed E-state index contributed by atoms with van der Waals surface area (Å²) >= 11 is 5.85. The summed E-state index contributed by atoms with van der Waals surface area (Å²) in [7, 11) is -3.83.